The van der Waals surface area contributed by atoms with E-state index in [9.17, 15) is 0 Å². The molecule has 1 N–H and O–H groups in total. The second kappa shape index (κ2) is 4.62. The van der Waals surface area contributed by atoms with Gasteiger partial charge in [0, 0.05) is 23.9 Å². The Morgan fingerprint density at radius 1 is 1.47 bits per heavy atom. The molecule has 0 aromatic carbocycles. The number of thiazole rings is 1. The maximum atomic E-state index is 4.66. The lowest BCUT2D eigenvalue weighted by atomic mass is 10.1. The molecule has 0 radical (unpaired) electrons. The van der Waals surface area contributed by atoms with Crippen LogP contribution in [0.5, 0.6) is 0 Å². The highest BCUT2D eigenvalue weighted by Crippen LogP contribution is 2.41. The monoisotopic (exact) mass is 224 g/mol. The summed E-state index contributed by atoms with van der Waals surface area (Å²) in [6.07, 6.45) is 2.70. The second-order valence-electron chi connectivity index (χ2n) is 4.86. The van der Waals surface area contributed by atoms with E-state index in [2.05, 4.69) is 36.5 Å². The molecule has 0 bridgehead atoms. The number of hydrogen-bond donors (Lipinski definition) is 1. The molecule has 3 heteroatoms. The third-order valence-corrected chi connectivity index (χ3v) is 4.16. The molecule has 1 unspecified atom stereocenters. The summed E-state index contributed by atoms with van der Waals surface area (Å²) >= 11 is 1.83. The van der Waals surface area contributed by atoms with Gasteiger partial charge in [-0.1, -0.05) is 13.8 Å². The molecule has 1 aromatic rings. The van der Waals surface area contributed by atoms with Crippen LogP contribution in [0, 0.1) is 5.92 Å². The number of nitrogens with zero attached hydrogens (tertiary/aromatic N) is 1. The third kappa shape index (κ3) is 3.02. The summed E-state index contributed by atoms with van der Waals surface area (Å²) in [5.41, 5.74) is 1.22. The number of nitrogens with one attached hydrogen (secondary N) is 1. The first-order valence-electron chi connectivity index (χ1n) is 5.84. The molecule has 0 aliphatic heterocycles. The largest absolute Gasteiger partial charge is 0.308 e. The van der Waals surface area contributed by atoms with Crippen molar-refractivity contribution in [2.24, 2.45) is 5.92 Å². The lowest BCUT2D eigenvalue weighted by Crippen LogP contribution is -2.30. The molecule has 1 aliphatic carbocycles. The first-order valence-corrected chi connectivity index (χ1v) is 6.72. The minimum absolute atomic E-state index is 0.566. The summed E-state index contributed by atoms with van der Waals surface area (Å²) in [6.45, 7) is 7.64. The molecule has 2 rings (SSSR count). The van der Waals surface area contributed by atoms with Gasteiger partial charge in [-0.3, -0.25) is 0 Å². The molecular formula is C12H20N2S. The summed E-state index contributed by atoms with van der Waals surface area (Å²) < 4.78 is 0. The molecule has 1 atom stereocenters. The lowest BCUT2D eigenvalue weighted by Gasteiger charge is -2.16. The Hall–Kier alpha value is -0.410. The van der Waals surface area contributed by atoms with Gasteiger partial charge in [-0.05, 0) is 25.7 Å². The summed E-state index contributed by atoms with van der Waals surface area (Å²) in [6, 6.07) is 0.566. The number of hydrogen-bond acceptors (Lipinski definition) is 3. The Kier molecular flexibility index (Phi) is 3.42. The predicted octanol–water partition coefficient (Wildman–Crippen LogP) is 3.15. The molecule has 0 saturated heterocycles. The molecule has 1 heterocycles. The molecule has 1 aromatic heterocycles. The van der Waals surface area contributed by atoms with Crippen molar-refractivity contribution in [1.82, 2.24) is 10.3 Å². The zero-order chi connectivity index (χ0) is 10.8. The Bertz CT molecular complexity index is 315. The van der Waals surface area contributed by atoms with E-state index in [0.29, 0.717) is 12.0 Å². The SMILES string of the molecule is CC(C)C(C)NCc1csc(C2CC2)n1. The second-order valence-corrected chi connectivity index (χ2v) is 5.75. The molecule has 1 saturated carbocycles. The maximum Gasteiger partial charge on any atom is 0.0959 e. The minimum Gasteiger partial charge on any atom is -0.308 e. The van der Waals surface area contributed by atoms with Crippen LogP contribution in [-0.4, -0.2) is 11.0 Å². The van der Waals surface area contributed by atoms with Gasteiger partial charge in [0.15, 0.2) is 0 Å². The fourth-order valence-electron chi connectivity index (χ4n) is 1.42. The fraction of sp³-hybridized carbons (Fsp3) is 0.750. The van der Waals surface area contributed by atoms with Crippen molar-refractivity contribution in [2.75, 3.05) is 0 Å². The highest BCUT2D eigenvalue weighted by atomic mass is 32.1. The molecule has 15 heavy (non-hydrogen) atoms. The Labute approximate surface area is 96.1 Å². The van der Waals surface area contributed by atoms with Crippen LogP contribution < -0.4 is 5.32 Å². The van der Waals surface area contributed by atoms with E-state index in [1.807, 2.05) is 11.3 Å². The van der Waals surface area contributed by atoms with E-state index in [4.69, 9.17) is 0 Å². The van der Waals surface area contributed by atoms with Gasteiger partial charge in [-0.25, -0.2) is 4.98 Å². The Balaban J connectivity index is 1.82. The highest BCUT2D eigenvalue weighted by molar-refractivity contribution is 7.09. The van der Waals surface area contributed by atoms with Gasteiger partial charge in [-0.15, -0.1) is 11.3 Å². The third-order valence-electron chi connectivity index (χ3n) is 3.10. The van der Waals surface area contributed by atoms with Crippen LogP contribution in [0.4, 0.5) is 0 Å². The van der Waals surface area contributed by atoms with Crippen molar-refractivity contribution < 1.29 is 0 Å². The van der Waals surface area contributed by atoms with Crippen LogP contribution in [0.1, 0.15) is 50.2 Å². The van der Waals surface area contributed by atoms with Crippen molar-refractivity contribution in [3.63, 3.8) is 0 Å². The van der Waals surface area contributed by atoms with E-state index >= 15 is 0 Å². The molecule has 2 nitrogen and oxygen atoms in total. The summed E-state index contributed by atoms with van der Waals surface area (Å²) in [5.74, 6) is 1.48. The number of rotatable bonds is 5. The Morgan fingerprint density at radius 2 is 2.20 bits per heavy atom. The minimum atomic E-state index is 0.566. The molecule has 84 valence electrons. The normalized spacial score (nSPS) is 18.4. The van der Waals surface area contributed by atoms with Gasteiger partial charge in [0.1, 0.15) is 0 Å². The quantitative estimate of drug-likeness (QED) is 0.831. The molecule has 1 aliphatic rings. The summed E-state index contributed by atoms with van der Waals surface area (Å²) in [4.78, 5) is 4.66. The number of aromatic nitrogens is 1. The van der Waals surface area contributed by atoms with Crippen LogP contribution in [0.3, 0.4) is 0 Å². The van der Waals surface area contributed by atoms with E-state index in [-0.39, 0.29) is 0 Å². The van der Waals surface area contributed by atoms with Crippen LogP contribution in [0.2, 0.25) is 0 Å². The lowest BCUT2D eigenvalue weighted by molar-refractivity contribution is 0.424. The topological polar surface area (TPSA) is 24.9 Å². The van der Waals surface area contributed by atoms with Crippen molar-refractivity contribution in [1.29, 1.82) is 0 Å². The van der Waals surface area contributed by atoms with Gasteiger partial charge >= 0.3 is 0 Å². The van der Waals surface area contributed by atoms with Crippen LogP contribution in [0.15, 0.2) is 5.38 Å². The summed E-state index contributed by atoms with van der Waals surface area (Å²) in [7, 11) is 0. The standard InChI is InChI=1S/C12H20N2S/c1-8(2)9(3)13-6-11-7-15-12(14-11)10-4-5-10/h7-10,13H,4-6H2,1-3H3. The van der Waals surface area contributed by atoms with E-state index < -0.39 is 0 Å². The highest BCUT2D eigenvalue weighted by Gasteiger charge is 2.26. The van der Waals surface area contributed by atoms with Gasteiger partial charge in [0.25, 0.3) is 0 Å². The zero-order valence-electron chi connectivity index (χ0n) is 9.79. The van der Waals surface area contributed by atoms with Gasteiger partial charge in [-0.2, -0.15) is 0 Å². The van der Waals surface area contributed by atoms with Crippen molar-refractivity contribution in [2.45, 2.75) is 52.1 Å². The Morgan fingerprint density at radius 3 is 2.80 bits per heavy atom. The average molecular weight is 224 g/mol. The van der Waals surface area contributed by atoms with Crippen LogP contribution >= 0.6 is 11.3 Å². The fourth-order valence-corrected chi connectivity index (χ4v) is 2.41. The van der Waals surface area contributed by atoms with E-state index in [1.165, 1.54) is 23.5 Å². The molecule has 0 spiro atoms. The van der Waals surface area contributed by atoms with Gasteiger partial charge in [0.05, 0.1) is 10.7 Å². The summed E-state index contributed by atoms with van der Waals surface area (Å²) in [5, 5.41) is 7.07. The van der Waals surface area contributed by atoms with Crippen molar-refractivity contribution >= 4 is 11.3 Å². The zero-order valence-corrected chi connectivity index (χ0v) is 10.6. The maximum absolute atomic E-state index is 4.66. The van der Waals surface area contributed by atoms with E-state index in [1.54, 1.807) is 0 Å². The van der Waals surface area contributed by atoms with E-state index in [0.717, 1.165) is 12.5 Å². The average Bonchev–Trinajstić information content (AvgIpc) is 2.95. The van der Waals surface area contributed by atoms with Gasteiger partial charge < -0.3 is 5.32 Å². The van der Waals surface area contributed by atoms with Gasteiger partial charge in [0.2, 0.25) is 0 Å². The van der Waals surface area contributed by atoms with Crippen molar-refractivity contribution in [3.8, 4) is 0 Å². The first kappa shape index (κ1) is 11.1. The molecular weight excluding hydrogens is 204 g/mol. The van der Waals surface area contributed by atoms with Crippen LogP contribution in [-0.2, 0) is 6.54 Å². The van der Waals surface area contributed by atoms with Crippen LogP contribution in [0.25, 0.3) is 0 Å². The first-order chi connectivity index (χ1) is 7.16. The molecule has 0 amide bonds. The van der Waals surface area contributed by atoms with Crippen molar-refractivity contribution in [3.05, 3.63) is 16.1 Å². The smallest absolute Gasteiger partial charge is 0.0959 e. The predicted molar refractivity (Wildman–Crippen MR) is 65.2 cm³/mol. The molecule has 1 fully saturated rings.